The van der Waals surface area contributed by atoms with Crippen LogP contribution < -0.4 is 0 Å². The molecule has 11 heteroatoms. The first-order chi connectivity index (χ1) is 10.6. The minimum absolute atomic E-state index is 0.0412. The molecule has 144 valence electrons. The van der Waals surface area contributed by atoms with Gasteiger partial charge in [0.1, 0.15) is 19.3 Å². The second kappa shape index (κ2) is 9.97. The first kappa shape index (κ1) is 25.1. The number of carbonyl (C=O) groups excluding carboxylic acids is 1. The molecule has 0 spiro atoms. The largest absolute Gasteiger partial charge is 0.741 e. The number of rotatable bonds is 7. The van der Waals surface area contributed by atoms with Crippen molar-refractivity contribution in [1.82, 2.24) is 0 Å². The van der Waals surface area contributed by atoms with Gasteiger partial charge in [0.25, 0.3) is 0 Å². The summed E-state index contributed by atoms with van der Waals surface area (Å²) in [5.41, 5.74) is -5.29. The molecule has 0 fully saturated rings. The molecule has 0 aromatic carbocycles. The van der Waals surface area contributed by atoms with E-state index in [1.54, 1.807) is 6.92 Å². The van der Waals surface area contributed by atoms with Crippen LogP contribution in [0.4, 0.5) is 13.2 Å². The number of aliphatic hydroxyl groups is 1. The molecular weight excluding hydrogens is 355 g/mol. The Balaban J connectivity index is 0. The van der Waals surface area contributed by atoms with Crippen LogP contribution >= 0.6 is 0 Å². The van der Waals surface area contributed by atoms with Crippen LogP contribution in [-0.4, -0.2) is 73.4 Å². The van der Waals surface area contributed by atoms with Crippen molar-refractivity contribution in [2.75, 3.05) is 33.3 Å². The maximum atomic E-state index is 11.1. The van der Waals surface area contributed by atoms with Crippen molar-refractivity contribution in [3.8, 4) is 0 Å². The highest BCUT2D eigenvalue weighted by Crippen LogP contribution is 2.20. The second-order valence-corrected chi connectivity index (χ2v) is 6.74. The fourth-order valence-corrected chi connectivity index (χ4v) is 1.34. The van der Waals surface area contributed by atoms with Gasteiger partial charge in [0.05, 0.1) is 20.1 Å². The Morgan fingerprint density at radius 3 is 1.96 bits per heavy atom. The van der Waals surface area contributed by atoms with Crippen LogP contribution in [-0.2, 0) is 19.6 Å². The van der Waals surface area contributed by atoms with Crippen molar-refractivity contribution in [1.29, 1.82) is 0 Å². The first-order valence-electron chi connectivity index (χ1n) is 6.96. The summed E-state index contributed by atoms with van der Waals surface area (Å²) in [6.45, 7) is 11.8. The highest BCUT2D eigenvalue weighted by Gasteiger charge is 2.36. The maximum absolute atomic E-state index is 11.1. The normalized spacial score (nSPS) is 13.5. The number of carbonyl (C=O) groups is 1. The number of halogens is 3. The van der Waals surface area contributed by atoms with Gasteiger partial charge < -0.3 is 18.9 Å². The molecule has 1 N–H and O–H groups in total. The molecule has 0 aliphatic heterocycles. The monoisotopic (exact) mass is 379 g/mol. The molecule has 1 atom stereocenters. The molecular formula is C13H24F3NO6S. The van der Waals surface area contributed by atoms with Gasteiger partial charge in [-0.25, -0.2) is 13.2 Å². The summed E-state index contributed by atoms with van der Waals surface area (Å²) in [6.07, 6.45) is -0.617. The highest BCUT2D eigenvalue weighted by molar-refractivity contribution is 7.86. The highest BCUT2D eigenvalue weighted by atomic mass is 32.2. The van der Waals surface area contributed by atoms with Gasteiger partial charge in [-0.05, 0) is 20.8 Å². The number of hydrogen-bond acceptors (Lipinski definition) is 6. The third kappa shape index (κ3) is 10.6. The Morgan fingerprint density at radius 1 is 1.33 bits per heavy atom. The fourth-order valence-electron chi connectivity index (χ4n) is 1.34. The third-order valence-electron chi connectivity index (χ3n) is 3.22. The van der Waals surface area contributed by atoms with E-state index in [-0.39, 0.29) is 6.61 Å². The van der Waals surface area contributed by atoms with Crippen LogP contribution in [0.25, 0.3) is 0 Å². The van der Waals surface area contributed by atoms with Gasteiger partial charge in [0.2, 0.25) is 0 Å². The predicted octanol–water partition coefficient (Wildman–Crippen LogP) is 1.00. The molecule has 0 saturated heterocycles. The minimum atomic E-state index is -6.09. The lowest BCUT2D eigenvalue weighted by Crippen LogP contribution is -2.49. The molecule has 0 rings (SSSR count). The maximum Gasteiger partial charge on any atom is 0.485 e. The van der Waals surface area contributed by atoms with E-state index in [0.29, 0.717) is 12.1 Å². The van der Waals surface area contributed by atoms with Gasteiger partial charge in [-0.2, -0.15) is 13.2 Å². The second-order valence-electron chi connectivity index (χ2n) is 5.37. The summed E-state index contributed by atoms with van der Waals surface area (Å²) in [7, 11) is -4.02. The van der Waals surface area contributed by atoms with Gasteiger partial charge in [-0.3, -0.25) is 0 Å². The molecule has 1 unspecified atom stereocenters. The van der Waals surface area contributed by atoms with Crippen molar-refractivity contribution in [2.24, 2.45) is 0 Å². The van der Waals surface area contributed by atoms with E-state index in [1.165, 1.54) is 0 Å². The van der Waals surface area contributed by atoms with E-state index in [1.807, 2.05) is 0 Å². The quantitative estimate of drug-likeness (QED) is 0.233. The zero-order valence-corrected chi connectivity index (χ0v) is 14.9. The molecule has 7 nitrogen and oxygen atoms in total. The Morgan fingerprint density at radius 2 is 1.71 bits per heavy atom. The zero-order valence-electron chi connectivity index (χ0n) is 14.1. The van der Waals surface area contributed by atoms with Crippen molar-refractivity contribution < 1.29 is 45.3 Å². The molecule has 0 bridgehead atoms. The molecule has 0 amide bonds. The molecule has 0 aromatic rings. The smallest absolute Gasteiger partial charge is 0.485 e. The van der Waals surface area contributed by atoms with Crippen molar-refractivity contribution in [3.05, 3.63) is 12.2 Å². The van der Waals surface area contributed by atoms with E-state index < -0.39 is 27.7 Å². The van der Waals surface area contributed by atoms with E-state index in [4.69, 9.17) is 17.7 Å². The van der Waals surface area contributed by atoms with Crippen molar-refractivity contribution >= 4 is 16.1 Å². The number of quaternary nitrogens is 1. The van der Waals surface area contributed by atoms with E-state index in [9.17, 15) is 23.1 Å². The minimum Gasteiger partial charge on any atom is -0.741 e. The van der Waals surface area contributed by atoms with Crippen molar-refractivity contribution in [3.63, 3.8) is 0 Å². The van der Waals surface area contributed by atoms with Gasteiger partial charge in [0.15, 0.2) is 10.1 Å². The first-order valence-corrected chi connectivity index (χ1v) is 8.36. The van der Waals surface area contributed by atoms with E-state index in [2.05, 4.69) is 27.5 Å². The molecule has 0 radical (unpaired) electrons. The Labute approximate surface area is 140 Å². The number of ether oxygens (including phenoxy) is 1. The lowest BCUT2D eigenvalue weighted by atomic mass is 10.3. The molecule has 0 heterocycles. The lowest BCUT2D eigenvalue weighted by molar-refractivity contribution is -0.909. The Hall–Kier alpha value is -1.17. The SMILES string of the molecule is C=C(C)C(=O)OCC(O)C[N+](C)(CC)CC.O=S(=O)([O-])C(F)(F)F. The molecule has 0 aliphatic rings. The number of nitrogens with zero attached hydrogens (tertiary/aromatic N) is 1. The standard InChI is InChI=1S/C12H24NO3.CHF3O3S/c1-6-13(5,7-2)8-11(14)9-16-12(15)10(3)4;2-1(3,4)8(5,6)7/h11,14H,3,6-9H2,1-2,4-5H3;(H,5,6,7)/q+1;/p-1. The number of aliphatic hydroxyl groups excluding tert-OH is 1. The molecule has 0 aliphatic carbocycles. The molecule has 24 heavy (non-hydrogen) atoms. The third-order valence-corrected chi connectivity index (χ3v) is 3.78. The number of esters is 1. The van der Waals surface area contributed by atoms with Crippen LogP contribution in [0.2, 0.25) is 0 Å². The topological polar surface area (TPSA) is 104 Å². The summed E-state index contributed by atoms with van der Waals surface area (Å²) in [5.74, 6) is -0.443. The number of likely N-dealkylation sites (N-methyl/N-ethyl adjacent to an activating group) is 1. The van der Waals surface area contributed by atoms with Crippen LogP contribution in [0, 0.1) is 0 Å². The van der Waals surface area contributed by atoms with Crippen LogP contribution in [0.3, 0.4) is 0 Å². The van der Waals surface area contributed by atoms with E-state index >= 15 is 0 Å². The lowest BCUT2D eigenvalue weighted by Gasteiger charge is -2.33. The average molecular weight is 379 g/mol. The predicted molar refractivity (Wildman–Crippen MR) is 79.7 cm³/mol. The summed E-state index contributed by atoms with van der Waals surface area (Å²) in [6, 6.07) is 0. The van der Waals surface area contributed by atoms with Gasteiger partial charge in [0, 0.05) is 5.57 Å². The van der Waals surface area contributed by atoms with Crippen LogP contribution in [0.15, 0.2) is 12.2 Å². The Kier molecular flexibility index (Phi) is 10.4. The summed E-state index contributed by atoms with van der Waals surface area (Å²) < 4.78 is 64.6. The van der Waals surface area contributed by atoms with Crippen LogP contribution in [0.5, 0.6) is 0 Å². The average Bonchev–Trinajstić information content (AvgIpc) is 2.42. The van der Waals surface area contributed by atoms with Crippen molar-refractivity contribution in [2.45, 2.75) is 32.4 Å². The molecule has 0 saturated carbocycles. The van der Waals surface area contributed by atoms with E-state index in [0.717, 1.165) is 17.6 Å². The molecule has 0 aromatic heterocycles. The number of hydrogen-bond donors (Lipinski definition) is 1. The Bertz CT molecular complexity index is 514. The summed E-state index contributed by atoms with van der Waals surface area (Å²) in [4.78, 5) is 11.1. The zero-order chi connectivity index (χ0) is 19.8. The summed E-state index contributed by atoms with van der Waals surface area (Å²) >= 11 is 0. The summed E-state index contributed by atoms with van der Waals surface area (Å²) in [5, 5.41) is 9.76. The van der Waals surface area contributed by atoms with Gasteiger partial charge >= 0.3 is 11.5 Å². The van der Waals surface area contributed by atoms with Gasteiger partial charge in [-0.15, -0.1) is 0 Å². The van der Waals surface area contributed by atoms with Crippen LogP contribution in [0.1, 0.15) is 20.8 Å². The fraction of sp³-hybridized carbons (Fsp3) is 0.769. The number of alkyl halides is 3. The van der Waals surface area contributed by atoms with Gasteiger partial charge in [-0.1, -0.05) is 6.58 Å².